The van der Waals surface area contributed by atoms with Gasteiger partial charge in [0.05, 0.1) is 11.4 Å². The van der Waals surface area contributed by atoms with Crippen molar-refractivity contribution in [3.05, 3.63) is 65.9 Å². The van der Waals surface area contributed by atoms with Gasteiger partial charge in [-0.05, 0) is 36.4 Å². The van der Waals surface area contributed by atoms with Crippen LogP contribution in [-0.4, -0.2) is 11.8 Å². The molecule has 2 aromatic rings. The number of amides is 2. The second-order valence-corrected chi connectivity index (χ2v) is 5.19. The lowest BCUT2D eigenvalue weighted by molar-refractivity contribution is -0.123. The van der Waals surface area contributed by atoms with Gasteiger partial charge in [-0.15, -0.1) is 0 Å². The van der Waals surface area contributed by atoms with E-state index in [0.717, 1.165) is 36.2 Å². The van der Waals surface area contributed by atoms with Gasteiger partial charge in [0.25, 0.3) is 5.91 Å². The Bertz CT molecular complexity index is 918. The number of halogens is 2. The van der Waals surface area contributed by atoms with Crippen LogP contribution < -0.4 is 16.0 Å². The van der Waals surface area contributed by atoms with Crippen LogP contribution in [0.4, 0.5) is 25.8 Å². The van der Waals surface area contributed by atoms with Crippen LogP contribution in [0, 0.1) is 23.0 Å². The number of hydrogen-bond donors (Lipinski definition) is 2. The molecule has 0 saturated carbocycles. The molecule has 0 radical (unpaired) electrons. The van der Waals surface area contributed by atoms with E-state index in [2.05, 4.69) is 5.32 Å². The van der Waals surface area contributed by atoms with Crippen LogP contribution in [0.3, 0.4) is 0 Å². The molecule has 0 aliphatic rings. The number of carbonyl (C=O) groups is 2. The first-order chi connectivity index (χ1) is 12.3. The van der Waals surface area contributed by atoms with Gasteiger partial charge in [0, 0.05) is 24.9 Å². The van der Waals surface area contributed by atoms with Crippen molar-refractivity contribution < 1.29 is 18.4 Å². The summed E-state index contributed by atoms with van der Waals surface area (Å²) in [5.74, 6) is -3.01. The number of benzene rings is 2. The van der Waals surface area contributed by atoms with Crippen LogP contribution in [0.25, 0.3) is 0 Å². The summed E-state index contributed by atoms with van der Waals surface area (Å²) in [6.07, 6.45) is 0.910. The molecule has 3 N–H and O–H groups in total. The SMILES string of the molecule is CC(=O)N(C(=O)/C(C#N)=C\Nc1cc(F)ccc1F)c1ccc(N)cc1. The van der Waals surface area contributed by atoms with E-state index in [9.17, 15) is 23.6 Å². The Morgan fingerprint density at radius 3 is 2.42 bits per heavy atom. The summed E-state index contributed by atoms with van der Waals surface area (Å²) in [4.78, 5) is 25.2. The van der Waals surface area contributed by atoms with E-state index in [1.165, 1.54) is 24.3 Å². The quantitative estimate of drug-likeness (QED) is 0.498. The largest absolute Gasteiger partial charge is 0.399 e. The number of nitrogens with zero attached hydrogens (tertiary/aromatic N) is 2. The fourth-order valence-corrected chi connectivity index (χ4v) is 2.09. The molecule has 0 aliphatic heterocycles. The number of anilines is 3. The second-order valence-electron chi connectivity index (χ2n) is 5.19. The molecule has 0 unspecified atom stereocenters. The van der Waals surface area contributed by atoms with Crippen LogP contribution in [0.5, 0.6) is 0 Å². The molecule has 0 saturated heterocycles. The van der Waals surface area contributed by atoms with E-state index in [1.807, 2.05) is 0 Å². The van der Waals surface area contributed by atoms with Gasteiger partial charge in [0.2, 0.25) is 5.91 Å². The average Bonchev–Trinajstić information content (AvgIpc) is 2.60. The summed E-state index contributed by atoms with van der Waals surface area (Å²) in [6.45, 7) is 1.16. The Morgan fingerprint density at radius 1 is 1.19 bits per heavy atom. The molecular weight excluding hydrogens is 342 g/mol. The number of nitriles is 1. The van der Waals surface area contributed by atoms with Crippen LogP contribution in [0.15, 0.2) is 54.2 Å². The molecule has 0 aromatic heterocycles. The molecule has 0 bridgehead atoms. The zero-order valence-corrected chi connectivity index (χ0v) is 13.7. The van der Waals surface area contributed by atoms with Crippen molar-refractivity contribution >= 4 is 28.9 Å². The minimum absolute atomic E-state index is 0.217. The van der Waals surface area contributed by atoms with Crippen molar-refractivity contribution in [2.24, 2.45) is 0 Å². The summed E-state index contributed by atoms with van der Waals surface area (Å²) in [5.41, 5.74) is 5.50. The summed E-state index contributed by atoms with van der Waals surface area (Å²) in [5, 5.41) is 11.6. The highest BCUT2D eigenvalue weighted by atomic mass is 19.1. The monoisotopic (exact) mass is 356 g/mol. The fraction of sp³-hybridized carbons (Fsp3) is 0.0556. The zero-order valence-electron chi connectivity index (χ0n) is 13.7. The van der Waals surface area contributed by atoms with Crippen molar-refractivity contribution in [1.82, 2.24) is 0 Å². The van der Waals surface area contributed by atoms with Gasteiger partial charge in [-0.25, -0.2) is 13.7 Å². The van der Waals surface area contributed by atoms with Gasteiger partial charge in [0.15, 0.2) is 0 Å². The maximum atomic E-state index is 13.6. The molecule has 8 heteroatoms. The minimum Gasteiger partial charge on any atom is -0.399 e. The highest BCUT2D eigenvalue weighted by Crippen LogP contribution is 2.20. The predicted molar refractivity (Wildman–Crippen MR) is 92.7 cm³/mol. The molecule has 0 aliphatic carbocycles. The number of imide groups is 1. The van der Waals surface area contributed by atoms with E-state index >= 15 is 0 Å². The third kappa shape index (κ3) is 4.21. The molecule has 2 amide bonds. The maximum Gasteiger partial charge on any atom is 0.277 e. The van der Waals surface area contributed by atoms with Crippen LogP contribution in [0.2, 0.25) is 0 Å². The molecule has 0 spiro atoms. The molecule has 132 valence electrons. The topological polar surface area (TPSA) is 99.2 Å². The molecule has 0 fully saturated rings. The average molecular weight is 356 g/mol. The van der Waals surface area contributed by atoms with Crippen molar-refractivity contribution in [2.75, 3.05) is 16.0 Å². The molecule has 0 heterocycles. The number of rotatable bonds is 4. The molecule has 2 aromatic carbocycles. The number of nitrogen functional groups attached to an aromatic ring is 1. The third-order valence-electron chi connectivity index (χ3n) is 3.32. The number of hydrogen-bond acceptors (Lipinski definition) is 5. The van der Waals surface area contributed by atoms with Crippen molar-refractivity contribution in [1.29, 1.82) is 5.26 Å². The highest BCUT2D eigenvalue weighted by Gasteiger charge is 2.24. The number of carbonyl (C=O) groups excluding carboxylic acids is 2. The zero-order chi connectivity index (χ0) is 19.3. The lowest BCUT2D eigenvalue weighted by atomic mass is 10.2. The number of nitrogens with two attached hydrogens (primary N) is 1. The Labute approximate surface area is 148 Å². The Balaban J connectivity index is 2.33. The minimum atomic E-state index is -0.922. The first-order valence-corrected chi connectivity index (χ1v) is 7.36. The normalized spacial score (nSPS) is 10.8. The van der Waals surface area contributed by atoms with E-state index in [4.69, 9.17) is 5.73 Å². The van der Waals surface area contributed by atoms with E-state index in [1.54, 1.807) is 6.07 Å². The van der Waals surface area contributed by atoms with Gasteiger partial charge in [0.1, 0.15) is 23.3 Å². The third-order valence-corrected chi connectivity index (χ3v) is 3.32. The smallest absolute Gasteiger partial charge is 0.277 e. The van der Waals surface area contributed by atoms with Crippen molar-refractivity contribution in [3.8, 4) is 6.07 Å². The summed E-state index contributed by atoms with van der Waals surface area (Å²) >= 11 is 0. The van der Waals surface area contributed by atoms with Gasteiger partial charge < -0.3 is 11.1 Å². The lowest BCUT2D eigenvalue weighted by Gasteiger charge is -2.19. The van der Waals surface area contributed by atoms with Gasteiger partial charge >= 0.3 is 0 Å². The molecule has 0 atom stereocenters. The molecule has 2 rings (SSSR count). The highest BCUT2D eigenvalue weighted by molar-refractivity contribution is 6.21. The lowest BCUT2D eigenvalue weighted by Crippen LogP contribution is -2.36. The standard InChI is InChI=1S/C18H14F2N4O2/c1-11(25)24(15-5-3-14(22)4-6-15)18(26)12(9-21)10-23-17-8-13(19)2-7-16(17)20/h2-8,10,23H,22H2,1H3/b12-10-. The van der Waals surface area contributed by atoms with Crippen LogP contribution in [-0.2, 0) is 9.59 Å². The second kappa shape index (κ2) is 7.90. The van der Waals surface area contributed by atoms with E-state index in [-0.39, 0.29) is 11.4 Å². The molecule has 6 nitrogen and oxygen atoms in total. The van der Waals surface area contributed by atoms with Crippen molar-refractivity contribution in [3.63, 3.8) is 0 Å². The summed E-state index contributed by atoms with van der Waals surface area (Å²) in [6, 6.07) is 10.2. The molecule has 26 heavy (non-hydrogen) atoms. The first kappa shape index (κ1) is 18.6. The van der Waals surface area contributed by atoms with E-state index in [0.29, 0.717) is 5.69 Å². The van der Waals surface area contributed by atoms with Crippen LogP contribution >= 0.6 is 0 Å². The Morgan fingerprint density at radius 2 is 1.85 bits per heavy atom. The van der Waals surface area contributed by atoms with Gasteiger partial charge in [-0.1, -0.05) is 0 Å². The molecular formula is C18H14F2N4O2. The predicted octanol–water partition coefficient (Wildman–Crippen LogP) is 2.95. The summed E-state index contributed by atoms with van der Waals surface area (Å²) in [7, 11) is 0. The maximum absolute atomic E-state index is 13.6. The summed E-state index contributed by atoms with van der Waals surface area (Å²) < 4.78 is 26.8. The first-order valence-electron chi connectivity index (χ1n) is 7.36. The van der Waals surface area contributed by atoms with E-state index < -0.39 is 29.0 Å². The number of nitrogens with one attached hydrogen (secondary N) is 1. The fourth-order valence-electron chi connectivity index (χ4n) is 2.09. The van der Waals surface area contributed by atoms with Crippen LogP contribution in [0.1, 0.15) is 6.92 Å². The Kier molecular flexibility index (Phi) is 5.65. The van der Waals surface area contributed by atoms with Gasteiger partial charge in [-0.2, -0.15) is 5.26 Å². The van der Waals surface area contributed by atoms with Crippen molar-refractivity contribution in [2.45, 2.75) is 6.92 Å². The Hall–Kier alpha value is -3.73. The van der Waals surface area contributed by atoms with Gasteiger partial charge in [-0.3, -0.25) is 9.59 Å².